The van der Waals surface area contributed by atoms with Crippen molar-refractivity contribution in [2.75, 3.05) is 13.7 Å². The number of amidine groups is 1. The number of fused-ring (bicyclic) bond motifs is 1. The maximum Gasteiger partial charge on any atom is 0.207 e. The number of hydrogen-bond donors (Lipinski definition) is 2. The summed E-state index contributed by atoms with van der Waals surface area (Å²) in [7, 11) is 1.56. The standard InChI is InChI=1S/C17H20N4O3/c1-17(2)16(22)15(21-14(20-10-19)6-7-23-3)12-8-11(9-18)4-5-13(12)24-17/h4-5,8,15-16,22H,6-7H2,1-3H3,(H,20,21)/t15-,16+/m0/s1. The summed E-state index contributed by atoms with van der Waals surface area (Å²) >= 11 is 0. The Hall–Kier alpha value is -2.61. The first-order valence-electron chi connectivity index (χ1n) is 7.55. The predicted octanol–water partition coefficient (Wildman–Crippen LogP) is 1.64. The summed E-state index contributed by atoms with van der Waals surface area (Å²) in [6, 6.07) is 6.58. The third-order valence-electron chi connectivity index (χ3n) is 3.93. The molecule has 1 aliphatic heterocycles. The molecule has 0 amide bonds. The number of nitrogens with one attached hydrogen (secondary N) is 1. The van der Waals surface area contributed by atoms with Gasteiger partial charge >= 0.3 is 0 Å². The Morgan fingerprint density at radius 1 is 1.46 bits per heavy atom. The molecular weight excluding hydrogens is 308 g/mol. The zero-order valence-electron chi connectivity index (χ0n) is 13.9. The molecule has 0 saturated carbocycles. The van der Waals surface area contributed by atoms with E-state index in [4.69, 9.17) is 20.0 Å². The summed E-state index contributed by atoms with van der Waals surface area (Å²) in [4.78, 5) is 3.77. The van der Waals surface area contributed by atoms with E-state index in [2.05, 4.69) is 16.4 Å². The number of ether oxygens (including phenoxy) is 2. The summed E-state index contributed by atoms with van der Waals surface area (Å²) in [6.07, 6.45) is 1.26. The lowest BCUT2D eigenvalue weighted by Crippen LogP contribution is -2.53. The van der Waals surface area contributed by atoms with Crippen molar-refractivity contribution in [2.24, 2.45) is 4.99 Å². The molecule has 24 heavy (non-hydrogen) atoms. The molecule has 126 valence electrons. The van der Waals surface area contributed by atoms with Crippen molar-refractivity contribution in [2.45, 2.75) is 38.0 Å². The molecule has 0 saturated heterocycles. The molecule has 0 fully saturated rings. The van der Waals surface area contributed by atoms with Crippen LogP contribution < -0.4 is 10.1 Å². The highest BCUT2D eigenvalue weighted by molar-refractivity contribution is 5.83. The van der Waals surface area contributed by atoms with Gasteiger partial charge in [0.1, 0.15) is 23.3 Å². The van der Waals surface area contributed by atoms with Gasteiger partial charge in [0.25, 0.3) is 0 Å². The van der Waals surface area contributed by atoms with Gasteiger partial charge < -0.3 is 19.9 Å². The fraction of sp³-hybridized carbons (Fsp3) is 0.471. The van der Waals surface area contributed by atoms with Crippen LogP contribution in [0.1, 0.15) is 37.4 Å². The summed E-state index contributed by atoms with van der Waals surface area (Å²) in [5.74, 6) is 0.999. The maximum absolute atomic E-state index is 10.7. The minimum absolute atomic E-state index is 0.390. The van der Waals surface area contributed by atoms with Gasteiger partial charge in [-0.3, -0.25) is 0 Å². The number of aliphatic imine (C=N–C) groups is 1. The number of nitriles is 2. The second kappa shape index (κ2) is 7.31. The van der Waals surface area contributed by atoms with Gasteiger partial charge in [0, 0.05) is 19.1 Å². The zero-order chi connectivity index (χ0) is 17.7. The van der Waals surface area contributed by atoms with Gasteiger partial charge in [-0.1, -0.05) is 0 Å². The third kappa shape index (κ3) is 3.65. The summed E-state index contributed by atoms with van der Waals surface area (Å²) in [5.41, 5.74) is 0.285. The Balaban J connectivity index is 2.41. The Morgan fingerprint density at radius 2 is 2.21 bits per heavy atom. The maximum atomic E-state index is 10.7. The molecule has 1 heterocycles. The van der Waals surface area contributed by atoms with Gasteiger partial charge in [-0.2, -0.15) is 15.5 Å². The van der Waals surface area contributed by atoms with Crippen LogP contribution in [0.4, 0.5) is 0 Å². The largest absolute Gasteiger partial charge is 0.485 e. The van der Waals surface area contributed by atoms with Crippen LogP contribution in [0, 0.1) is 22.8 Å². The van der Waals surface area contributed by atoms with Crippen molar-refractivity contribution in [1.29, 1.82) is 10.5 Å². The molecular formula is C17H20N4O3. The molecule has 0 aromatic heterocycles. The quantitative estimate of drug-likeness (QED) is 0.494. The number of aliphatic hydroxyl groups is 1. The van der Waals surface area contributed by atoms with E-state index < -0.39 is 17.7 Å². The zero-order valence-corrected chi connectivity index (χ0v) is 13.9. The van der Waals surface area contributed by atoms with E-state index in [-0.39, 0.29) is 0 Å². The second-order valence-electron chi connectivity index (χ2n) is 6.04. The molecule has 2 N–H and O–H groups in total. The average Bonchev–Trinajstić information content (AvgIpc) is 2.56. The molecule has 0 bridgehead atoms. The molecule has 0 unspecified atom stereocenters. The number of aliphatic hydroxyl groups excluding tert-OH is 1. The minimum Gasteiger partial charge on any atom is -0.485 e. The molecule has 7 heteroatoms. The predicted molar refractivity (Wildman–Crippen MR) is 87.3 cm³/mol. The topological polar surface area (TPSA) is 111 Å². The molecule has 0 radical (unpaired) electrons. The van der Waals surface area contributed by atoms with Gasteiger partial charge in [-0.15, -0.1) is 0 Å². The van der Waals surface area contributed by atoms with Crippen LogP contribution in [0.25, 0.3) is 0 Å². The van der Waals surface area contributed by atoms with Gasteiger partial charge in [-0.25, -0.2) is 0 Å². The lowest BCUT2D eigenvalue weighted by atomic mass is 9.86. The monoisotopic (exact) mass is 328 g/mol. The number of methoxy groups -OCH3 is 1. The van der Waals surface area contributed by atoms with Crippen molar-refractivity contribution in [1.82, 2.24) is 5.32 Å². The number of benzene rings is 1. The van der Waals surface area contributed by atoms with Gasteiger partial charge in [0.15, 0.2) is 0 Å². The Kier molecular flexibility index (Phi) is 5.40. The van der Waals surface area contributed by atoms with Crippen LogP contribution in [0.15, 0.2) is 23.2 Å². The number of nitrogens with zero attached hydrogens (tertiary/aromatic N) is 3. The van der Waals surface area contributed by atoms with E-state index in [1.165, 1.54) is 0 Å². The van der Waals surface area contributed by atoms with Crippen LogP contribution in [0.5, 0.6) is 5.75 Å². The first-order chi connectivity index (χ1) is 11.4. The van der Waals surface area contributed by atoms with Crippen LogP contribution >= 0.6 is 0 Å². The molecule has 0 spiro atoms. The van der Waals surface area contributed by atoms with E-state index >= 15 is 0 Å². The smallest absolute Gasteiger partial charge is 0.207 e. The minimum atomic E-state index is -0.898. The van der Waals surface area contributed by atoms with Crippen LogP contribution in [0.2, 0.25) is 0 Å². The SMILES string of the molecule is COCCC(=NC#N)N[C@H]1c2cc(C#N)ccc2OC(C)(C)[C@@H]1O. The van der Waals surface area contributed by atoms with E-state index in [1.54, 1.807) is 45.3 Å². The fourth-order valence-electron chi connectivity index (χ4n) is 2.62. The second-order valence-corrected chi connectivity index (χ2v) is 6.04. The van der Waals surface area contributed by atoms with Gasteiger partial charge in [-0.05, 0) is 32.0 Å². The summed E-state index contributed by atoms with van der Waals surface area (Å²) < 4.78 is 10.9. The summed E-state index contributed by atoms with van der Waals surface area (Å²) in [6.45, 7) is 3.95. The van der Waals surface area contributed by atoms with Crippen molar-refractivity contribution >= 4 is 5.84 Å². The lowest BCUT2D eigenvalue weighted by molar-refractivity contribution is -0.0611. The fourth-order valence-corrected chi connectivity index (χ4v) is 2.62. The molecule has 1 aromatic rings. The average molecular weight is 328 g/mol. The molecule has 2 rings (SSSR count). The third-order valence-corrected chi connectivity index (χ3v) is 3.93. The summed E-state index contributed by atoms with van der Waals surface area (Å²) in [5, 5.41) is 31.8. The number of rotatable bonds is 4. The van der Waals surface area contributed by atoms with Gasteiger partial charge in [0.2, 0.25) is 6.19 Å². The molecule has 1 aromatic carbocycles. The Labute approximate surface area is 141 Å². The molecule has 1 aliphatic rings. The molecule has 0 aliphatic carbocycles. The van der Waals surface area contributed by atoms with Crippen LogP contribution in [-0.4, -0.2) is 36.4 Å². The van der Waals surface area contributed by atoms with Crippen molar-refractivity contribution < 1.29 is 14.6 Å². The molecule has 2 atom stereocenters. The van der Waals surface area contributed by atoms with Crippen LogP contribution in [-0.2, 0) is 4.74 Å². The highest BCUT2D eigenvalue weighted by Crippen LogP contribution is 2.40. The Bertz CT molecular complexity index is 716. The van der Waals surface area contributed by atoms with Crippen molar-refractivity contribution in [3.63, 3.8) is 0 Å². The lowest BCUT2D eigenvalue weighted by Gasteiger charge is -2.42. The highest BCUT2D eigenvalue weighted by Gasteiger charge is 2.43. The van der Waals surface area contributed by atoms with Crippen molar-refractivity contribution in [3.05, 3.63) is 29.3 Å². The number of hydrogen-bond acceptors (Lipinski definition) is 6. The highest BCUT2D eigenvalue weighted by atomic mass is 16.5. The van der Waals surface area contributed by atoms with E-state index in [1.807, 2.05) is 0 Å². The Morgan fingerprint density at radius 3 is 2.83 bits per heavy atom. The van der Waals surface area contributed by atoms with Crippen LogP contribution in [0.3, 0.4) is 0 Å². The first kappa shape index (κ1) is 17.7. The van der Waals surface area contributed by atoms with Crippen molar-refractivity contribution in [3.8, 4) is 18.0 Å². The van der Waals surface area contributed by atoms with E-state index in [9.17, 15) is 5.11 Å². The van der Waals surface area contributed by atoms with E-state index in [0.717, 1.165) is 0 Å². The normalized spacial score (nSPS) is 21.8. The van der Waals surface area contributed by atoms with E-state index in [0.29, 0.717) is 35.7 Å². The first-order valence-corrected chi connectivity index (χ1v) is 7.55. The molecule has 7 nitrogen and oxygen atoms in total. The van der Waals surface area contributed by atoms with Gasteiger partial charge in [0.05, 0.1) is 24.3 Å².